The summed E-state index contributed by atoms with van der Waals surface area (Å²) in [5.41, 5.74) is 0.916. The summed E-state index contributed by atoms with van der Waals surface area (Å²) >= 11 is 0. The highest BCUT2D eigenvalue weighted by atomic mass is 19.1. The van der Waals surface area contributed by atoms with E-state index in [1.807, 2.05) is 29.9 Å². The van der Waals surface area contributed by atoms with E-state index in [4.69, 9.17) is 9.47 Å². The molecule has 0 spiro atoms. The Bertz CT molecular complexity index is 824. The van der Waals surface area contributed by atoms with Gasteiger partial charge in [0.1, 0.15) is 12.4 Å². The van der Waals surface area contributed by atoms with Crippen LogP contribution in [-0.2, 0) is 27.9 Å². The van der Waals surface area contributed by atoms with E-state index in [-0.39, 0.29) is 24.6 Å². The molecular formula is C22H30FN3O4. The molecule has 7 nitrogen and oxygen atoms in total. The number of aryl methyl sites for hydroxylation is 1. The van der Waals surface area contributed by atoms with Crippen molar-refractivity contribution in [2.24, 2.45) is 7.05 Å². The van der Waals surface area contributed by atoms with Crippen molar-refractivity contribution in [3.63, 3.8) is 0 Å². The first kappa shape index (κ1) is 23.6. The van der Waals surface area contributed by atoms with E-state index in [1.165, 1.54) is 23.1 Å². The van der Waals surface area contributed by atoms with Crippen molar-refractivity contribution in [3.8, 4) is 0 Å². The maximum atomic E-state index is 14.2. The second-order valence-corrected chi connectivity index (χ2v) is 6.97. The Morgan fingerprint density at radius 1 is 1.00 bits per heavy atom. The Labute approximate surface area is 177 Å². The number of hydrogen-bond acceptors (Lipinski definition) is 4. The number of hydrogen-bond donors (Lipinski definition) is 0. The number of benzene rings is 1. The van der Waals surface area contributed by atoms with Crippen LogP contribution < -0.4 is 0 Å². The number of carbonyl (C=O) groups excluding carboxylic acids is 2. The zero-order valence-corrected chi connectivity index (χ0v) is 17.8. The first-order valence-corrected chi connectivity index (χ1v) is 9.87. The minimum Gasteiger partial charge on any atom is -0.385 e. The molecule has 0 aliphatic rings. The molecule has 0 aliphatic carbocycles. The second kappa shape index (κ2) is 12.1. The second-order valence-electron chi connectivity index (χ2n) is 6.97. The lowest BCUT2D eigenvalue weighted by atomic mass is 10.1. The number of carbonyl (C=O) groups is 2. The molecule has 2 amide bonds. The van der Waals surface area contributed by atoms with Gasteiger partial charge in [0.25, 0.3) is 5.91 Å². The molecule has 30 heavy (non-hydrogen) atoms. The largest absolute Gasteiger partial charge is 0.385 e. The quantitative estimate of drug-likeness (QED) is 0.496. The van der Waals surface area contributed by atoms with Crippen LogP contribution in [0.3, 0.4) is 0 Å². The number of methoxy groups -OCH3 is 2. The fraction of sp³-hybridized carbons (Fsp3) is 0.455. The Morgan fingerprint density at radius 2 is 1.73 bits per heavy atom. The number of halogens is 1. The maximum absolute atomic E-state index is 14.2. The van der Waals surface area contributed by atoms with Crippen LogP contribution in [0.1, 0.15) is 22.5 Å². The Balaban J connectivity index is 2.17. The molecule has 0 N–H and O–H groups in total. The van der Waals surface area contributed by atoms with Gasteiger partial charge in [-0.2, -0.15) is 0 Å². The highest BCUT2D eigenvalue weighted by Crippen LogP contribution is 2.12. The summed E-state index contributed by atoms with van der Waals surface area (Å²) in [6.07, 6.45) is 2.45. The van der Waals surface area contributed by atoms with E-state index >= 15 is 0 Å². The van der Waals surface area contributed by atoms with Crippen LogP contribution in [0, 0.1) is 5.82 Å². The molecule has 164 valence electrons. The van der Waals surface area contributed by atoms with Crippen molar-refractivity contribution in [1.82, 2.24) is 14.4 Å². The van der Waals surface area contributed by atoms with E-state index in [1.54, 1.807) is 25.2 Å². The molecule has 0 radical (unpaired) electrons. The lowest BCUT2D eigenvalue weighted by molar-refractivity contribution is -0.133. The van der Waals surface area contributed by atoms with Gasteiger partial charge in [-0.3, -0.25) is 9.59 Å². The molecule has 0 aliphatic heterocycles. The van der Waals surface area contributed by atoms with Crippen molar-refractivity contribution in [2.75, 3.05) is 47.1 Å². The summed E-state index contributed by atoms with van der Waals surface area (Å²) in [5.74, 6) is -1.34. The molecule has 8 heteroatoms. The molecule has 2 rings (SSSR count). The van der Waals surface area contributed by atoms with Gasteiger partial charge in [0.15, 0.2) is 0 Å². The van der Waals surface area contributed by atoms with Crippen LogP contribution in [0.25, 0.3) is 0 Å². The van der Waals surface area contributed by atoms with Crippen molar-refractivity contribution in [1.29, 1.82) is 0 Å². The fourth-order valence-corrected chi connectivity index (χ4v) is 3.07. The van der Waals surface area contributed by atoms with Crippen molar-refractivity contribution < 1.29 is 23.5 Å². The van der Waals surface area contributed by atoms with Gasteiger partial charge in [-0.15, -0.1) is 0 Å². The molecule has 0 saturated heterocycles. The SMILES string of the molecule is COCCCN(CC(=O)N(CCOC)Cc1cccn1C)C(=O)c1ccccc1F. The molecule has 1 heterocycles. The molecule has 2 aromatic rings. The summed E-state index contributed by atoms with van der Waals surface area (Å²) in [5, 5.41) is 0. The Kier molecular flexibility index (Phi) is 9.50. The van der Waals surface area contributed by atoms with Crippen molar-refractivity contribution >= 4 is 11.8 Å². The first-order valence-electron chi connectivity index (χ1n) is 9.87. The zero-order valence-electron chi connectivity index (χ0n) is 17.8. The normalized spacial score (nSPS) is 10.8. The first-order chi connectivity index (χ1) is 14.5. The summed E-state index contributed by atoms with van der Waals surface area (Å²) in [6, 6.07) is 9.65. The van der Waals surface area contributed by atoms with E-state index < -0.39 is 11.7 Å². The predicted molar refractivity (Wildman–Crippen MR) is 112 cm³/mol. The minimum absolute atomic E-state index is 0.0476. The molecule has 1 aromatic heterocycles. The molecular weight excluding hydrogens is 389 g/mol. The fourth-order valence-electron chi connectivity index (χ4n) is 3.07. The van der Waals surface area contributed by atoms with Crippen LogP contribution >= 0.6 is 0 Å². The van der Waals surface area contributed by atoms with Crippen LogP contribution in [0.5, 0.6) is 0 Å². The van der Waals surface area contributed by atoms with Gasteiger partial charge < -0.3 is 23.8 Å². The predicted octanol–water partition coefficient (Wildman–Crippen LogP) is 2.32. The number of nitrogens with zero attached hydrogens (tertiary/aromatic N) is 3. The molecule has 0 atom stereocenters. The standard InChI is InChI=1S/C22H30FN3O4/c1-24-11-6-8-18(24)16-25(13-15-30-3)21(27)17-26(12-7-14-29-2)22(28)19-9-4-5-10-20(19)23/h4-6,8-11H,7,12-17H2,1-3H3. The number of amides is 2. The maximum Gasteiger partial charge on any atom is 0.257 e. The smallest absolute Gasteiger partial charge is 0.257 e. The van der Waals surface area contributed by atoms with Crippen LogP contribution in [-0.4, -0.2) is 73.2 Å². The van der Waals surface area contributed by atoms with Crippen LogP contribution in [0.4, 0.5) is 4.39 Å². The number of rotatable bonds is 12. The van der Waals surface area contributed by atoms with Gasteiger partial charge >= 0.3 is 0 Å². The average Bonchev–Trinajstić information content (AvgIpc) is 3.14. The average molecular weight is 419 g/mol. The highest BCUT2D eigenvalue weighted by molar-refractivity contribution is 5.96. The van der Waals surface area contributed by atoms with Crippen LogP contribution in [0.15, 0.2) is 42.6 Å². The topological polar surface area (TPSA) is 64.0 Å². The summed E-state index contributed by atoms with van der Waals surface area (Å²) in [6.45, 7) is 1.74. The lowest BCUT2D eigenvalue weighted by Crippen LogP contribution is -2.44. The summed E-state index contributed by atoms with van der Waals surface area (Å²) in [4.78, 5) is 29.1. The lowest BCUT2D eigenvalue weighted by Gasteiger charge is -2.28. The van der Waals surface area contributed by atoms with Gasteiger partial charge in [-0.05, 0) is 30.7 Å². The molecule has 1 aromatic carbocycles. The Morgan fingerprint density at radius 3 is 2.37 bits per heavy atom. The van der Waals surface area contributed by atoms with E-state index in [0.717, 1.165) is 5.69 Å². The van der Waals surface area contributed by atoms with Gasteiger partial charge in [-0.25, -0.2) is 4.39 Å². The van der Waals surface area contributed by atoms with E-state index in [0.29, 0.717) is 32.7 Å². The van der Waals surface area contributed by atoms with E-state index in [2.05, 4.69) is 0 Å². The van der Waals surface area contributed by atoms with Gasteiger partial charge in [0, 0.05) is 52.9 Å². The zero-order chi connectivity index (χ0) is 21.9. The molecule has 0 bridgehead atoms. The van der Waals surface area contributed by atoms with Crippen molar-refractivity contribution in [3.05, 3.63) is 59.7 Å². The van der Waals surface area contributed by atoms with Crippen LogP contribution in [0.2, 0.25) is 0 Å². The summed E-state index contributed by atoms with van der Waals surface area (Å²) < 4.78 is 26.3. The Hall–Kier alpha value is -2.71. The van der Waals surface area contributed by atoms with Crippen molar-refractivity contribution in [2.45, 2.75) is 13.0 Å². The molecule has 0 unspecified atom stereocenters. The molecule has 0 fully saturated rings. The number of aromatic nitrogens is 1. The third-order valence-corrected chi connectivity index (χ3v) is 4.82. The van der Waals surface area contributed by atoms with Gasteiger partial charge in [-0.1, -0.05) is 12.1 Å². The van der Waals surface area contributed by atoms with Gasteiger partial charge in [0.2, 0.25) is 5.91 Å². The third-order valence-electron chi connectivity index (χ3n) is 4.82. The van der Waals surface area contributed by atoms with Gasteiger partial charge in [0.05, 0.1) is 18.7 Å². The highest BCUT2D eigenvalue weighted by Gasteiger charge is 2.24. The minimum atomic E-state index is -0.605. The summed E-state index contributed by atoms with van der Waals surface area (Å²) in [7, 11) is 5.05. The number of ether oxygens (including phenoxy) is 2. The molecule has 0 saturated carbocycles. The van der Waals surface area contributed by atoms with E-state index in [9.17, 15) is 14.0 Å². The third kappa shape index (κ3) is 6.67. The monoisotopic (exact) mass is 419 g/mol.